The van der Waals surface area contributed by atoms with Gasteiger partial charge in [-0.25, -0.2) is 0 Å². The van der Waals surface area contributed by atoms with Gasteiger partial charge < -0.3 is 0 Å². The predicted octanol–water partition coefficient (Wildman–Crippen LogP) is 3.18. The number of anilines is 1. The standard InChI is InChI=1S/C18H14N2O/c1-2-12-20-17-11-7-6-10-15(17)19-16(13-18(20)21)14-8-4-3-5-9-14/h1,3-11H,12-13H2. The summed E-state index contributed by atoms with van der Waals surface area (Å²) in [6.07, 6.45) is 5.64. The number of hydrogen-bond acceptors (Lipinski definition) is 2. The van der Waals surface area contributed by atoms with Crippen molar-refractivity contribution in [2.24, 2.45) is 4.99 Å². The van der Waals surface area contributed by atoms with Gasteiger partial charge in [0.2, 0.25) is 5.91 Å². The number of nitrogens with zero attached hydrogens (tertiary/aromatic N) is 2. The molecule has 0 bridgehead atoms. The summed E-state index contributed by atoms with van der Waals surface area (Å²) in [6.45, 7) is 0.257. The quantitative estimate of drug-likeness (QED) is 0.774. The van der Waals surface area contributed by atoms with Gasteiger partial charge >= 0.3 is 0 Å². The van der Waals surface area contributed by atoms with E-state index in [1.807, 2.05) is 54.6 Å². The van der Waals surface area contributed by atoms with E-state index in [0.29, 0.717) is 0 Å². The Labute approximate surface area is 123 Å². The Morgan fingerprint density at radius 1 is 1.10 bits per heavy atom. The van der Waals surface area contributed by atoms with Crippen molar-refractivity contribution in [1.82, 2.24) is 0 Å². The maximum absolute atomic E-state index is 12.5. The highest BCUT2D eigenvalue weighted by atomic mass is 16.2. The van der Waals surface area contributed by atoms with Gasteiger partial charge in [-0.2, -0.15) is 0 Å². The first-order valence-electron chi connectivity index (χ1n) is 6.75. The first-order chi connectivity index (χ1) is 10.3. The second-order valence-electron chi connectivity index (χ2n) is 4.77. The van der Waals surface area contributed by atoms with Crippen LogP contribution in [0.1, 0.15) is 12.0 Å². The SMILES string of the molecule is C#CCN1C(=O)CC(c2ccccc2)=Nc2ccccc21. The van der Waals surface area contributed by atoms with Gasteiger partial charge in [0.15, 0.2) is 0 Å². The van der Waals surface area contributed by atoms with Crippen LogP contribution >= 0.6 is 0 Å². The van der Waals surface area contributed by atoms with E-state index < -0.39 is 0 Å². The highest BCUT2D eigenvalue weighted by Gasteiger charge is 2.23. The molecule has 2 aromatic rings. The van der Waals surface area contributed by atoms with Gasteiger partial charge in [0.1, 0.15) is 0 Å². The summed E-state index contributed by atoms with van der Waals surface area (Å²) in [4.78, 5) is 18.8. The Kier molecular flexibility index (Phi) is 3.53. The molecule has 3 heteroatoms. The van der Waals surface area contributed by atoms with Crippen molar-refractivity contribution < 1.29 is 4.79 Å². The van der Waals surface area contributed by atoms with Crippen LogP contribution in [0.3, 0.4) is 0 Å². The normalized spacial score (nSPS) is 14.0. The number of amides is 1. The number of carbonyl (C=O) groups is 1. The fourth-order valence-corrected chi connectivity index (χ4v) is 2.41. The van der Waals surface area contributed by atoms with Crippen LogP contribution in [0.5, 0.6) is 0 Å². The van der Waals surface area contributed by atoms with Gasteiger partial charge in [0.05, 0.1) is 30.1 Å². The number of aliphatic imine (C=N–C) groups is 1. The molecule has 3 rings (SSSR count). The van der Waals surface area contributed by atoms with Crippen molar-refractivity contribution in [1.29, 1.82) is 0 Å². The van der Waals surface area contributed by atoms with Crippen LogP contribution in [0.15, 0.2) is 59.6 Å². The first-order valence-corrected chi connectivity index (χ1v) is 6.75. The van der Waals surface area contributed by atoms with Crippen LogP contribution in [-0.4, -0.2) is 18.2 Å². The molecule has 2 aromatic carbocycles. The van der Waals surface area contributed by atoms with Gasteiger partial charge in [-0.1, -0.05) is 48.4 Å². The van der Waals surface area contributed by atoms with Crippen molar-refractivity contribution in [2.45, 2.75) is 6.42 Å². The van der Waals surface area contributed by atoms with E-state index in [0.717, 1.165) is 22.6 Å². The number of hydrogen-bond donors (Lipinski definition) is 0. The highest BCUT2D eigenvalue weighted by molar-refractivity contribution is 6.17. The van der Waals surface area contributed by atoms with Crippen LogP contribution < -0.4 is 4.90 Å². The van der Waals surface area contributed by atoms with Crippen LogP contribution in [0.25, 0.3) is 0 Å². The second kappa shape index (κ2) is 5.64. The van der Waals surface area contributed by atoms with Crippen LogP contribution in [0, 0.1) is 12.3 Å². The van der Waals surface area contributed by atoms with E-state index in [1.54, 1.807) is 4.90 Å². The van der Waals surface area contributed by atoms with Gasteiger partial charge in [-0.05, 0) is 17.7 Å². The zero-order valence-corrected chi connectivity index (χ0v) is 11.5. The Morgan fingerprint density at radius 2 is 1.81 bits per heavy atom. The summed E-state index contributed by atoms with van der Waals surface area (Å²) in [7, 11) is 0. The largest absolute Gasteiger partial charge is 0.298 e. The molecule has 0 aliphatic carbocycles. The van der Waals surface area contributed by atoms with Gasteiger partial charge in [-0.15, -0.1) is 6.42 Å². The van der Waals surface area contributed by atoms with Gasteiger partial charge in [-0.3, -0.25) is 14.7 Å². The maximum Gasteiger partial charge on any atom is 0.233 e. The van der Waals surface area contributed by atoms with Gasteiger partial charge in [0.25, 0.3) is 0 Å². The van der Waals surface area contributed by atoms with E-state index >= 15 is 0 Å². The molecule has 1 aliphatic rings. The summed E-state index contributed by atoms with van der Waals surface area (Å²) in [5.74, 6) is 2.52. The van der Waals surface area contributed by atoms with E-state index in [4.69, 9.17) is 6.42 Å². The van der Waals surface area contributed by atoms with Crippen LogP contribution in [0.2, 0.25) is 0 Å². The number of rotatable bonds is 2. The molecule has 1 heterocycles. The minimum atomic E-state index is -0.0273. The Hall–Kier alpha value is -2.86. The molecular weight excluding hydrogens is 260 g/mol. The first kappa shape index (κ1) is 13.1. The van der Waals surface area contributed by atoms with Crippen molar-refractivity contribution >= 4 is 23.0 Å². The van der Waals surface area contributed by atoms with E-state index in [1.165, 1.54) is 0 Å². The summed E-state index contributed by atoms with van der Waals surface area (Å²) >= 11 is 0. The zero-order chi connectivity index (χ0) is 14.7. The molecule has 0 unspecified atom stereocenters. The van der Waals surface area contributed by atoms with Crippen molar-refractivity contribution in [3.8, 4) is 12.3 Å². The lowest BCUT2D eigenvalue weighted by atomic mass is 10.1. The summed E-state index contributed by atoms with van der Waals surface area (Å²) in [5.41, 5.74) is 3.28. The molecular formula is C18H14N2O. The molecule has 21 heavy (non-hydrogen) atoms. The molecule has 0 spiro atoms. The molecule has 102 valence electrons. The summed E-state index contributed by atoms with van der Waals surface area (Å²) in [6, 6.07) is 17.3. The van der Waals surface area contributed by atoms with Crippen molar-refractivity contribution in [3.63, 3.8) is 0 Å². The van der Waals surface area contributed by atoms with E-state index in [2.05, 4.69) is 10.9 Å². The molecule has 0 saturated heterocycles. The van der Waals surface area contributed by atoms with Gasteiger partial charge in [0, 0.05) is 0 Å². The average molecular weight is 274 g/mol. The predicted molar refractivity (Wildman–Crippen MR) is 84.9 cm³/mol. The van der Waals surface area contributed by atoms with E-state index in [9.17, 15) is 4.79 Å². The van der Waals surface area contributed by atoms with Crippen molar-refractivity contribution in [3.05, 3.63) is 60.2 Å². The molecule has 0 aromatic heterocycles. The van der Waals surface area contributed by atoms with Crippen LogP contribution in [-0.2, 0) is 4.79 Å². The third-order valence-corrected chi connectivity index (χ3v) is 3.40. The number of terminal acetylenes is 1. The summed E-state index contributed by atoms with van der Waals surface area (Å²) < 4.78 is 0. The molecule has 3 nitrogen and oxygen atoms in total. The molecule has 0 fully saturated rings. The molecule has 1 amide bonds. The second-order valence-corrected chi connectivity index (χ2v) is 4.77. The lowest BCUT2D eigenvalue weighted by Crippen LogP contribution is -2.31. The molecule has 0 atom stereocenters. The molecule has 1 aliphatic heterocycles. The summed E-state index contributed by atoms with van der Waals surface area (Å²) in [5, 5.41) is 0. The lowest BCUT2D eigenvalue weighted by molar-refractivity contribution is -0.117. The van der Waals surface area contributed by atoms with Crippen LogP contribution in [0.4, 0.5) is 11.4 Å². The maximum atomic E-state index is 12.5. The monoisotopic (exact) mass is 274 g/mol. The topological polar surface area (TPSA) is 32.7 Å². The van der Waals surface area contributed by atoms with Crippen molar-refractivity contribution in [2.75, 3.05) is 11.4 Å². The third-order valence-electron chi connectivity index (χ3n) is 3.40. The minimum absolute atomic E-state index is 0.0273. The zero-order valence-electron chi connectivity index (χ0n) is 11.5. The Morgan fingerprint density at radius 3 is 2.57 bits per heavy atom. The van der Waals surface area contributed by atoms with E-state index in [-0.39, 0.29) is 18.9 Å². The fourth-order valence-electron chi connectivity index (χ4n) is 2.41. The smallest absolute Gasteiger partial charge is 0.233 e. The number of fused-ring (bicyclic) bond motifs is 1. The average Bonchev–Trinajstić information content (AvgIpc) is 2.66. The Bertz CT molecular complexity index is 741. The fraction of sp³-hybridized carbons (Fsp3) is 0.111. The number of carbonyl (C=O) groups excluding carboxylic acids is 1. The Balaban J connectivity index is 2.11. The minimum Gasteiger partial charge on any atom is -0.298 e. The molecule has 0 N–H and O–H groups in total. The lowest BCUT2D eigenvalue weighted by Gasteiger charge is -2.19. The third kappa shape index (κ3) is 2.56. The molecule has 0 radical (unpaired) electrons. The highest BCUT2D eigenvalue weighted by Crippen LogP contribution is 2.32. The number of benzene rings is 2. The molecule has 0 saturated carbocycles. The number of para-hydroxylation sites is 2.